The molecule has 0 unspecified atom stereocenters. The van der Waals surface area contributed by atoms with Gasteiger partial charge in [-0.2, -0.15) is 0 Å². The average molecular weight is 372 g/mol. The van der Waals surface area contributed by atoms with Crippen molar-refractivity contribution < 1.29 is 23.8 Å². The Morgan fingerprint density at radius 1 is 0.778 bits per heavy atom. The molecule has 2 N–H and O–H groups in total. The van der Waals surface area contributed by atoms with Gasteiger partial charge in [-0.3, -0.25) is 9.59 Å². The molecule has 144 valence electrons. The van der Waals surface area contributed by atoms with Crippen molar-refractivity contribution in [2.75, 3.05) is 27.9 Å². The molecule has 7 heteroatoms. The Hall–Kier alpha value is -3.22. The summed E-state index contributed by atoms with van der Waals surface area (Å²) >= 11 is 0. The molecule has 0 aliphatic rings. The Morgan fingerprint density at radius 2 is 1.44 bits per heavy atom. The van der Waals surface area contributed by atoms with E-state index in [1.165, 1.54) is 7.11 Å². The zero-order valence-corrected chi connectivity index (χ0v) is 15.7. The van der Waals surface area contributed by atoms with Gasteiger partial charge in [0.15, 0.2) is 11.5 Å². The van der Waals surface area contributed by atoms with Crippen LogP contribution in [-0.4, -0.2) is 39.7 Å². The minimum absolute atomic E-state index is 0.0811. The Kier molecular flexibility index (Phi) is 7.49. The first-order chi connectivity index (χ1) is 13.0. The van der Waals surface area contributed by atoms with Crippen molar-refractivity contribution in [2.24, 2.45) is 0 Å². The Labute approximate surface area is 158 Å². The summed E-state index contributed by atoms with van der Waals surface area (Å²) in [5.41, 5.74) is 1.71. The molecule has 2 aromatic carbocycles. The fraction of sp³-hybridized carbons (Fsp3) is 0.300. The summed E-state index contributed by atoms with van der Waals surface area (Å²) in [6.45, 7) is 0.302. The number of hydrogen-bond donors (Lipinski definition) is 2. The van der Waals surface area contributed by atoms with Crippen LogP contribution in [0.3, 0.4) is 0 Å². The van der Waals surface area contributed by atoms with Crippen molar-refractivity contribution in [3.63, 3.8) is 0 Å². The van der Waals surface area contributed by atoms with Crippen LogP contribution in [0.1, 0.15) is 11.1 Å². The molecule has 0 radical (unpaired) electrons. The van der Waals surface area contributed by atoms with Crippen molar-refractivity contribution in [1.29, 1.82) is 0 Å². The molecule has 0 aromatic heterocycles. The maximum absolute atomic E-state index is 12.0. The molecule has 0 heterocycles. The lowest BCUT2D eigenvalue weighted by atomic mass is 10.1. The fourth-order valence-corrected chi connectivity index (χ4v) is 2.42. The molecule has 2 aromatic rings. The lowest BCUT2D eigenvalue weighted by Gasteiger charge is -2.10. The van der Waals surface area contributed by atoms with Gasteiger partial charge >= 0.3 is 0 Å². The summed E-state index contributed by atoms with van der Waals surface area (Å²) in [6.07, 6.45) is 0.145. The summed E-state index contributed by atoms with van der Waals surface area (Å²) < 4.78 is 15.5. The van der Waals surface area contributed by atoms with Crippen LogP contribution < -0.4 is 24.8 Å². The van der Waals surface area contributed by atoms with Gasteiger partial charge in [-0.25, -0.2) is 0 Å². The lowest BCUT2D eigenvalue weighted by molar-refractivity contribution is -0.125. The number of benzene rings is 2. The summed E-state index contributed by atoms with van der Waals surface area (Å²) in [7, 11) is 4.69. The zero-order valence-electron chi connectivity index (χ0n) is 15.7. The molecule has 0 aliphatic heterocycles. The molecular weight excluding hydrogens is 348 g/mol. The van der Waals surface area contributed by atoms with E-state index in [-0.39, 0.29) is 24.8 Å². The summed E-state index contributed by atoms with van der Waals surface area (Å²) in [4.78, 5) is 23.9. The van der Waals surface area contributed by atoms with Crippen LogP contribution in [0.2, 0.25) is 0 Å². The summed E-state index contributed by atoms with van der Waals surface area (Å²) in [5, 5.41) is 5.37. The van der Waals surface area contributed by atoms with E-state index in [0.29, 0.717) is 18.0 Å². The van der Waals surface area contributed by atoms with Crippen LogP contribution in [0.25, 0.3) is 0 Å². The third kappa shape index (κ3) is 6.22. The molecule has 27 heavy (non-hydrogen) atoms. The second-order valence-electron chi connectivity index (χ2n) is 5.77. The minimum atomic E-state index is -0.258. The fourth-order valence-electron chi connectivity index (χ4n) is 2.42. The van der Waals surface area contributed by atoms with Gasteiger partial charge in [-0.15, -0.1) is 0 Å². The van der Waals surface area contributed by atoms with E-state index in [0.717, 1.165) is 16.9 Å². The van der Waals surface area contributed by atoms with Gasteiger partial charge in [0.05, 0.1) is 34.3 Å². The number of methoxy groups -OCH3 is 3. The van der Waals surface area contributed by atoms with Gasteiger partial charge < -0.3 is 24.8 Å². The molecule has 0 atom stereocenters. The van der Waals surface area contributed by atoms with Crippen LogP contribution in [0.5, 0.6) is 17.2 Å². The first-order valence-corrected chi connectivity index (χ1v) is 8.43. The lowest BCUT2D eigenvalue weighted by Crippen LogP contribution is -2.37. The van der Waals surface area contributed by atoms with E-state index >= 15 is 0 Å². The van der Waals surface area contributed by atoms with Gasteiger partial charge in [-0.05, 0) is 35.4 Å². The van der Waals surface area contributed by atoms with Crippen LogP contribution >= 0.6 is 0 Å². The van der Waals surface area contributed by atoms with Gasteiger partial charge in [0.1, 0.15) is 5.75 Å². The van der Waals surface area contributed by atoms with Crippen molar-refractivity contribution >= 4 is 11.8 Å². The number of amides is 2. The maximum Gasteiger partial charge on any atom is 0.239 e. The molecule has 0 saturated carbocycles. The van der Waals surface area contributed by atoms with Crippen LogP contribution in [-0.2, 0) is 22.6 Å². The monoisotopic (exact) mass is 372 g/mol. The van der Waals surface area contributed by atoms with E-state index in [1.807, 2.05) is 24.3 Å². The van der Waals surface area contributed by atoms with Crippen LogP contribution in [0, 0.1) is 0 Å². The Bertz CT molecular complexity index is 774. The topological polar surface area (TPSA) is 85.9 Å². The van der Waals surface area contributed by atoms with E-state index in [4.69, 9.17) is 14.2 Å². The highest BCUT2D eigenvalue weighted by atomic mass is 16.5. The van der Waals surface area contributed by atoms with Gasteiger partial charge in [0.2, 0.25) is 11.8 Å². The van der Waals surface area contributed by atoms with Gasteiger partial charge in [0, 0.05) is 6.54 Å². The quantitative estimate of drug-likeness (QED) is 0.700. The van der Waals surface area contributed by atoms with Gasteiger partial charge in [-0.1, -0.05) is 18.2 Å². The van der Waals surface area contributed by atoms with Crippen molar-refractivity contribution in [3.05, 3.63) is 53.6 Å². The number of carbonyl (C=O) groups excluding carboxylic acids is 2. The van der Waals surface area contributed by atoms with E-state index in [1.54, 1.807) is 32.4 Å². The van der Waals surface area contributed by atoms with E-state index < -0.39 is 0 Å². The largest absolute Gasteiger partial charge is 0.497 e. The standard InChI is InChI=1S/C20H24N2O5/c1-25-16-7-4-14(5-8-16)12-21-20(24)13-22-19(23)11-15-6-9-17(26-2)18(10-15)27-3/h4-10H,11-13H2,1-3H3,(H,21,24)(H,22,23). The Balaban J connectivity index is 1.76. The van der Waals surface area contributed by atoms with Crippen LogP contribution in [0.4, 0.5) is 0 Å². The molecule has 2 amide bonds. The van der Waals surface area contributed by atoms with Gasteiger partial charge in [0.25, 0.3) is 0 Å². The second kappa shape index (κ2) is 10.1. The van der Waals surface area contributed by atoms with Crippen LogP contribution in [0.15, 0.2) is 42.5 Å². The zero-order chi connectivity index (χ0) is 19.6. The molecule has 2 rings (SSSR count). The molecule has 7 nitrogen and oxygen atoms in total. The third-order valence-electron chi connectivity index (χ3n) is 3.91. The smallest absolute Gasteiger partial charge is 0.239 e. The summed E-state index contributed by atoms with van der Waals surface area (Å²) in [6, 6.07) is 12.7. The first kappa shape index (κ1) is 20.1. The average Bonchev–Trinajstić information content (AvgIpc) is 2.70. The van der Waals surface area contributed by atoms with Crippen molar-refractivity contribution in [2.45, 2.75) is 13.0 Å². The third-order valence-corrected chi connectivity index (χ3v) is 3.91. The predicted octanol–water partition coefficient (Wildman–Crippen LogP) is 1.69. The second-order valence-corrected chi connectivity index (χ2v) is 5.77. The minimum Gasteiger partial charge on any atom is -0.497 e. The van der Waals surface area contributed by atoms with E-state index in [9.17, 15) is 9.59 Å². The SMILES string of the molecule is COc1ccc(CNC(=O)CNC(=O)Cc2ccc(OC)c(OC)c2)cc1. The first-order valence-electron chi connectivity index (χ1n) is 8.43. The number of rotatable bonds is 9. The predicted molar refractivity (Wildman–Crippen MR) is 101 cm³/mol. The number of nitrogens with one attached hydrogen (secondary N) is 2. The van der Waals surface area contributed by atoms with Crippen molar-refractivity contribution in [1.82, 2.24) is 10.6 Å². The maximum atomic E-state index is 12.0. The highest BCUT2D eigenvalue weighted by Gasteiger charge is 2.10. The molecule has 0 bridgehead atoms. The highest BCUT2D eigenvalue weighted by molar-refractivity contribution is 5.85. The number of ether oxygens (including phenoxy) is 3. The van der Waals surface area contributed by atoms with Crippen molar-refractivity contribution in [3.8, 4) is 17.2 Å². The molecule has 0 spiro atoms. The molecule has 0 fully saturated rings. The number of carbonyl (C=O) groups is 2. The van der Waals surface area contributed by atoms with E-state index in [2.05, 4.69) is 10.6 Å². The summed E-state index contributed by atoms with van der Waals surface area (Å²) in [5.74, 6) is 1.40. The normalized spacial score (nSPS) is 10.0. The number of hydrogen-bond acceptors (Lipinski definition) is 5. The Morgan fingerprint density at radius 3 is 2.07 bits per heavy atom. The molecule has 0 saturated heterocycles. The highest BCUT2D eigenvalue weighted by Crippen LogP contribution is 2.27. The molecular formula is C20H24N2O5. The molecule has 0 aliphatic carbocycles.